The van der Waals surface area contributed by atoms with Gasteiger partial charge in [0.15, 0.2) is 0 Å². The standard InChI is InChI=1S/C15H23NO2/c1-5-9-16(14(6-2)15(17)18)13-8-7-11(3)12(4)10-13/h7-8,10,14H,5-6,9H2,1-4H3,(H,17,18). The monoisotopic (exact) mass is 249 g/mol. The van der Waals surface area contributed by atoms with Crippen LogP contribution in [0.5, 0.6) is 0 Å². The number of hydrogen-bond acceptors (Lipinski definition) is 2. The molecular formula is C15H23NO2. The molecule has 0 saturated heterocycles. The van der Waals surface area contributed by atoms with Crippen LogP contribution in [0, 0.1) is 13.8 Å². The quantitative estimate of drug-likeness (QED) is 0.840. The van der Waals surface area contributed by atoms with E-state index in [1.165, 1.54) is 11.1 Å². The Labute approximate surface area is 109 Å². The molecule has 0 heterocycles. The summed E-state index contributed by atoms with van der Waals surface area (Å²) in [6, 6.07) is 5.72. The lowest BCUT2D eigenvalue weighted by Crippen LogP contribution is -2.41. The molecule has 0 amide bonds. The molecular weight excluding hydrogens is 226 g/mol. The lowest BCUT2D eigenvalue weighted by molar-refractivity contribution is -0.138. The summed E-state index contributed by atoms with van der Waals surface area (Å²) in [7, 11) is 0. The fourth-order valence-electron chi connectivity index (χ4n) is 2.14. The number of benzene rings is 1. The number of carboxylic acid groups (broad SMARTS) is 1. The molecule has 0 aliphatic rings. The second-order valence-corrected chi connectivity index (χ2v) is 4.72. The molecule has 18 heavy (non-hydrogen) atoms. The SMILES string of the molecule is CCCN(c1ccc(C)c(C)c1)C(CC)C(=O)O. The molecule has 0 radical (unpaired) electrons. The summed E-state index contributed by atoms with van der Waals surface area (Å²) >= 11 is 0. The molecule has 3 heteroatoms. The first-order valence-corrected chi connectivity index (χ1v) is 6.57. The number of carboxylic acids is 1. The second kappa shape index (κ2) is 6.43. The van der Waals surface area contributed by atoms with Crippen molar-refractivity contribution < 1.29 is 9.90 Å². The summed E-state index contributed by atoms with van der Waals surface area (Å²) in [6.07, 6.45) is 1.55. The van der Waals surface area contributed by atoms with E-state index in [1.54, 1.807) is 0 Å². The van der Waals surface area contributed by atoms with Crippen molar-refractivity contribution in [3.63, 3.8) is 0 Å². The first kappa shape index (κ1) is 14.6. The third-order valence-electron chi connectivity index (χ3n) is 3.33. The van der Waals surface area contributed by atoms with E-state index in [2.05, 4.69) is 32.9 Å². The summed E-state index contributed by atoms with van der Waals surface area (Å²) in [5.41, 5.74) is 3.45. The summed E-state index contributed by atoms with van der Waals surface area (Å²) in [6.45, 7) is 8.89. The van der Waals surface area contributed by atoms with Gasteiger partial charge in [-0.15, -0.1) is 0 Å². The Kier molecular flexibility index (Phi) is 5.20. The van der Waals surface area contributed by atoms with Gasteiger partial charge >= 0.3 is 5.97 Å². The third-order valence-corrected chi connectivity index (χ3v) is 3.33. The van der Waals surface area contributed by atoms with E-state index in [1.807, 2.05) is 17.9 Å². The lowest BCUT2D eigenvalue weighted by Gasteiger charge is -2.30. The maximum Gasteiger partial charge on any atom is 0.326 e. The maximum absolute atomic E-state index is 11.3. The van der Waals surface area contributed by atoms with Crippen LogP contribution >= 0.6 is 0 Å². The molecule has 0 bridgehead atoms. The summed E-state index contributed by atoms with van der Waals surface area (Å²) < 4.78 is 0. The maximum atomic E-state index is 11.3. The fraction of sp³-hybridized carbons (Fsp3) is 0.533. The van der Waals surface area contributed by atoms with Gasteiger partial charge in [-0.25, -0.2) is 4.79 Å². The van der Waals surface area contributed by atoms with Crippen molar-refractivity contribution in [1.82, 2.24) is 0 Å². The Morgan fingerprint density at radius 1 is 1.28 bits per heavy atom. The Morgan fingerprint density at radius 2 is 1.94 bits per heavy atom. The zero-order chi connectivity index (χ0) is 13.7. The molecule has 0 spiro atoms. The third kappa shape index (κ3) is 3.25. The van der Waals surface area contributed by atoms with Crippen LogP contribution in [0.2, 0.25) is 0 Å². The number of carbonyl (C=O) groups is 1. The van der Waals surface area contributed by atoms with Gasteiger partial charge in [-0.05, 0) is 49.9 Å². The lowest BCUT2D eigenvalue weighted by atomic mass is 10.1. The van der Waals surface area contributed by atoms with Crippen molar-refractivity contribution in [2.75, 3.05) is 11.4 Å². The molecule has 0 saturated carbocycles. The van der Waals surface area contributed by atoms with Crippen LogP contribution in [0.3, 0.4) is 0 Å². The average molecular weight is 249 g/mol. The first-order chi connectivity index (χ1) is 8.51. The highest BCUT2D eigenvalue weighted by Crippen LogP contribution is 2.22. The number of hydrogen-bond donors (Lipinski definition) is 1. The Bertz CT molecular complexity index is 415. The molecule has 0 aliphatic carbocycles. The van der Waals surface area contributed by atoms with Gasteiger partial charge in [0.05, 0.1) is 0 Å². The molecule has 0 aromatic heterocycles. The molecule has 1 aromatic carbocycles. The first-order valence-electron chi connectivity index (χ1n) is 6.57. The van der Waals surface area contributed by atoms with Crippen molar-refractivity contribution in [1.29, 1.82) is 0 Å². The highest BCUT2D eigenvalue weighted by atomic mass is 16.4. The minimum atomic E-state index is -0.746. The van der Waals surface area contributed by atoms with Crippen LogP contribution in [0.25, 0.3) is 0 Å². The Morgan fingerprint density at radius 3 is 2.39 bits per heavy atom. The van der Waals surface area contributed by atoms with Gasteiger partial charge in [0.25, 0.3) is 0 Å². The van der Waals surface area contributed by atoms with Gasteiger partial charge in [-0.1, -0.05) is 19.9 Å². The van der Waals surface area contributed by atoms with E-state index >= 15 is 0 Å². The molecule has 100 valence electrons. The predicted octanol–water partition coefficient (Wildman–Crippen LogP) is 3.38. The molecule has 0 aliphatic heterocycles. The average Bonchev–Trinajstić information content (AvgIpc) is 2.32. The van der Waals surface area contributed by atoms with E-state index in [9.17, 15) is 9.90 Å². The number of rotatable bonds is 6. The van der Waals surface area contributed by atoms with Gasteiger partial charge in [0, 0.05) is 12.2 Å². The van der Waals surface area contributed by atoms with Crippen molar-refractivity contribution in [3.8, 4) is 0 Å². The molecule has 1 unspecified atom stereocenters. The number of aliphatic carboxylic acids is 1. The van der Waals surface area contributed by atoms with E-state index in [4.69, 9.17) is 0 Å². The smallest absolute Gasteiger partial charge is 0.326 e. The normalized spacial score (nSPS) is 12.2. The van der Waals surface area contributed by atoms with Crippen LogP contribution in [-0.4, -0.2) is 23.7 Å². The van der Waals surface area contributed by atoms with Gasteiger partial charge in [0.1, 0.15) is 6.04 Å². The highest BCUT2D eigenvalue weighted by molar-refractivity contribution is 5.78. The van der Waals surface area contributed by atoms with E-state index in [0.29, 0.717) is 6.42 Å². The molecule has 0 fully saturated rings. The van der Waals surface area contributed by atoms with Crippen molar-refractivity contribution in [2.45, 2.75) is 46.6 Å². The van der Waals surface area contributed by atoms with Crippen molar-refractivity contribution in [2.24, 2.45) is 0 Å². The van der Waals surface area contributed by atoms with Crippen molar-refractivity contribution >= 4 is 11.7 Å². The van der Waals surface area contributed by atoms with E-state index in [-0.39, 0.29) is 0 Å². The minimum absolute atomic E-state index is 0.438. The largest absolute Gasteiger partial charge is 0.480 e. The Balaban J connectivity index is 3.10. The highest BCUT2D eigenvalue weighted by Gasteiger charge is 2.23. The second-order valence-electron chi connectivity index (χ2n) is 4.72. The van der Waals surface area contributed by atoms with Gasteiger partial charge in [-0.3, -0.25) is 0 Å². The number of nitrogens with zero attached hydrogens (tertiary/aromatic N) is 1. The van der Waals surface area contributed by atoms with E-state index < -0.39 is 12.0 Å². The van der Waals surface area contributed by atoms with Gasteiger partial charge in [-0.2, -0.15) is 0 Å². The van der Waals surface area contributed by atoms with E-state index in [0.717, 1.165) is 18.7 Å². The number of anilines is 1. The van der Waals surface area contributed by atoms with Crippen LogP contribution in [0.4, 0.5) is 5.69 Å². The van der Waals surface area contributed by atoms with Crippen LogP contribution in [0.15, 0.2) is 18.2 Å². The topological polar surface area (TPSA) is 40.5 Å². The predicted molar refractivity (Wildman–Crippen MR) is 75.3 cm³/mol. The molecule has 1 N–H and O–H groups in total. The van der Waals surface area contributed by atoms with Crippen LogP contribution < -0.4 is 4.90 Å². The van der Waals surface area contributed by atoms with Crippen molar-refractivity contribution in [3.05, 3.63) is 29.3 Å². The zero-order valence-electron chi connectivity index (χ0n) is 11.7. The molecule has 1 atom stereocenters. The fourth-order valence-corrected chi connectivity index (χ4v) is 2.14. The number of aryl methyl sites for hydroxylation is 2. The Hall–Kier alpha value is -1.51. The summed E-state index contributed by atoms with van der Waals surface area (Å²) in [5.74, 6) is -0.746. The van der Waals surface area contributed by atoms with Crippen LogP contribution in [-0.2, 0) is 4.79 Å². The minimum Gasteiger partial charge on any atom is -0.480 e. The van der Waals surface area contributed by atoms with Gasteiger partial charge in [0.2, 0.25) is 0 Å². The molecule has 1 aromatic rings. The molecule has 1 rings (SSSR count). The summed E-state index contributed by atoms with van der Waals surface area (Å²) in [5, 5.41) is 9.31. The van der Waals surface area contributed by atoms with Crippen LogP contribution in [0.1, 0.15) is 37.8 Å². The molecule has 3 nitrogen and oxygen atoms in total. The van der Waals surface area contributed by atoms with Gasteiger partial charge < -0.3 is 10.0 Å². The summed E-state index contributed by atoms with van der Waals surface area (Å²) in [4.78, 5) is 13.3. The zero-order valence-corrected chi connectivity index (χ0v) is 11.7.